The molecule has 1 aliphatic rings. The maximum absolute atomic E-state index is 10.2. The summed E-state index contributed by atoms with van der Waals surface area (Å²) in [6, 6.07) is -0.167. The molecule has 3 atom stereocenters. The summed E-state index contributed by atoms with van der Waals surface area (Å²) in [6.45, 7) is 3.79. The fraction of sp³-hybridized carbons (Fsp3) is 0.900. The minimum atomic E-state index is -0.849. The van der Waals surface area contributed by atoms with Crippen LogP contribution in [0.15, 0.2) is 5.10 Å². The normalized spacial score (nSPS) is 29.3. The number of nitrogens with zero attached hydrogens (tertiary/aromatic N) is 2. The van der Waals surface area contributed by atoms with Crippen molar-refractivity contribution in [3.05, 3.63) is 10.1 Å². The van der Waals surface area contributed by atoms with Gasteiger partial charge in [0, 0.05) is 6.42 Å². The minimum absolute atomic E-state index is 0.0123. The van der Waals surface area contributed by atoms with Crippen LogP contribution in [-0.4, -0.2) is 40.5 Å². The highest BCUT2D eigenvalue weighted by Crippen LogP contribution is 2.22. The third-order valence-corrected chi connectivity index (χ3v) is 2.73. The van der Waals surface area contributed by atoms with Crippen LogP contribution in [0.25, 0.3) is 0 Å². The quantitative estimate of drug-likeness (QED) is 0.278. The number of guanidine groups is 1. The van der Waals surface area contributed by atoms with Crippen molar-refractivity contribution in [3.63, 3.8) is 0 Å². The van der Waals surface area contributed by atoms with Crippen LogP contribution in [-0.2, 0) is 4.74 Å². The predicted octanol–water partition coefficient (Wildman–Crippen LogP) is -0.211. The van der Waals surface area contributed by atoms with E-state index in [9.17, 15) is 15.2 Å². The number of nitrogens with two attached hydrogens (primary N) is 1. The van der Waals surface area contributed by atoms with Gasteiger partial charge in [0.1, 0.15) is 5.10 Å². The zero-order valence-electron chi connectivity index (χ0n) is 10.6. The number of nitro groups is 1. The Labute approximate surface area is 105 Å². The summed E-state index contributed by atoms with van der Waals surface area (Å²) in [6.07, 6.45) is 1.11. The van der Waals surface area contributed by atoms with Gasteiger partial charge in [-0.3, -0.25) is 0 Å². The maximum Gasteiger partial charge on any atom is 0.266 e. The van der Waals surface area contributed by atoms with Crippen molar-refractivity contribution in [2.24, 2.45) is 10.8 Å². The molecule has 0 spiro atoms. The zero-order chi connectivity index (χ0) is 13.7. The van der Waals surface area contributed by atoms with Gasteiger partial charge in [0.2, 0.25) is 0 Å². The van der Waals surface area contributed by atoms with E-state index in [1.807, 2.05) is 13.8 Å². The maximum atomic E-state index is 10.2. The first-order chi connectivity index (χ1) is 8.38. The second-order valence-corrected chi connectivity index (χ2v) is 4.66. The summed E-state index contributed by atoms with van der Waals surface area (Å²) in [7, 11) is 0. The average Bonchev–Trinajstić information content (AvgIpc) is 2.20. The van der Waals surface area contributed by atoms with E-state index in [1.165, 1.54) is 0 Å². The van der Waals surface area contributed by atoms with Crippen molar-refractivity contribution in [2.75, 3.05) is 0 Å². The second kappa shape index (κ2) is 6.50. The smallest absolute Gasteiger partial charge is 0.266 e. The lowest BCUT2D eigenvalue weighted by Gasteiger charge is -2.35. The highest BCUT2D eigenvalue weighted by molar-refractivity contribution is 5.77. The Balaban J connectivity index is 2.62. The molecule has 0 aromatic heterocycles. The van der Waals surface area contributed by atoms with E-state index in [4.69, 9.17) is 10.5 Å². The molecule has 1 saturated carbocycles. The first kappa shape index (κ1) is 14.7. The Kier molecular flexibility index (Phi) is 5.29. The van der Waals surface area contributed by atoms with Crippen LogP contribution >= 0.6 is 0 Å². The van der Waals surface area contributed by atoms with Gasteiger partial charge < -0.3 is 20.9 Å². The highest BCUT2D eigenvalue weighted by Gasteiger charge is 2.31. The first-order valence-corrected chi connectivity index (χ1v) is 5.97. The molecule has 1 fully saturated rings. The SMILES string of the molecule is CC(C)OC1CC(O)CCC1N/C(N)=N/[N+](=O)[O-]. The standard InChI is InChI=1S/C10H20N4O4/c1-6(2)18-9-5-7(15)3-4-8(9)12-10(11)13-14(16)17/h6-9,15H,3-5H2,1-2H3,(H3,11,12,13). The molecule has 8 nitrogen and oxygen atoms in total. The highest BCUT2D eigenvalue weighted by atomic mass is 16.7. The first-order valence-electron chi connectivity index (χ1n) is 5.97. The van der Waals surface area contributed by atoms with E-state index in [0.717, 1.165) is 0 Å². The van der Waals surface area contributed by atoms with Crippen LogP contribution in [0, 0.1) is 10.1 Å². The van der Waals surface area contributed by atoms with Gasteiger partial charge in [-0.25, -0.2) is 10.1 Å². The number of aliphatic hydroxyl groups excluding tert-OH is 1. The predicted molar refractivity (Wildman–Crippen MR) is 65.4 cm³/mol. The van der Waals surface area contributed by atoms with Gasteiger partial charge in [-0.15, -0.1) is 0 Å². The molecule has 1 aliphatic carbocycles. The van der Waals surface area contributed by atoms with Crippen LogP contribution in [0.2, 0.25) is 0 Å². The fourth-order valence-corrected chi connectivity index (χ4v) is 2.08. The van der Waals surface area contributed by atoms with E-state index >= 15 is 0 Å². The van der Waals surface area contributed by atoms with Crippen molar-refractivity contribution in [1.82, 2.24) is 5.32 Å². The van der Waals surface area contributed by atoms with Gasteiger partial charge in [0.25, 0.3) is 5.96 Å². The molecule has 0 aromatic carbocycles. The molecule has 18 heavy (non-hydrogen) atoms. The van der Waals surface area contributed by atoms with Gasteiger partial charge in [-0.05, 0) is 26.7 Å². The van der Waals surface area contributed by atoms with Gasteiger partial charge in [0.05, 0.1) is 24.4 Å². The summed E-state index contributed by atoms with van der Waals surface area (Å²) < 4.78 is 5.68. The Hall–Kier alpha value is -1.41. The van der Waals surface area contributed by atoms with E-state index < -0.39 is 11.1 Å². The number of nitrogens with one attached hydrogen (secondary N) is 1. The Bertz CT molecular complexity index is 319. The molecule has 0 bridgehead atoms. The van der Waals surface area contributed by atoms with E-state index in [2.05, 4.69) is 10.4 Å². The number of hydrazone groups is 1. The molecule has 4 N–H and O–H groups in total. The largest absolute Gasteiger partial charge is 0.393 e. The number of rotatable bonds is 4. The van der Waals surface area contributed by atoms with E-state index in [-0.39, 0.29) is 24.2 Å². The number of ether oxygens (including phenoxy) is 1. The lowest BCUT2D eigenvalue weighted by atomic mass is 9.90. The van der Waals surface area contributed by atoms with Crippen molar-refractivity contribution in [3.8, 4) is 0 Å². The Morgan fingerprint density at radius 2 is 2.28 bits per heavy atom. The minimum Gasteiger partial charge on any atom is -0.393 e. The van der Waals surface area contributed by atoms with Crippen LogP contribution < -0.4 is 11.1 Å². The Morgan fingerprint density at radius 3 is 2.83 bits per heavy atom. The average molecular weight is 260 g/mol. The van der Waals surface area contributed by atoms with Gasteiger partial charge in [-0.2, -0.15) is 0 Å². The number of hydrogen-bond donors (Lipinski definition) is 3. The molecule has 0 aliphatic heterocycles. The molecule has 3 unspecified atom stereocenters. The van der Waals surface area contributed by atoms with Gasteiger partial charge >= 0.3 is 0 Å². The van der Waals surface area contributed by atoms with E-state index in [0.29, 0.717) is 19.3 Å². The van der Waals surface area contributed by atoms with Crippen molar-refractivity contribution in [1.29, 1.82) is 0 Å². The summed E-state index contributed by atoms with van der Waals surface area (Å²) in [5.74, 6) is -0.237. The van der Waals surface area contributed by atoms with Crippen molar-refractivity contribution >= 4 is 5.96 Å². The van der Waals surface area contributed by atoms with Gasteiger partial charge in [0.15, 0.2) is 5.03 Å². The number of hydrogen-bond acceptors (Lipinski definition) is 4. The third-order valence-electron chi connectivity index (χ3n) is 2.73. The van der Waals surface area contributed by atoms with E-state index in [1.54, 1.807) is 0 Å². The Morgan fingerprint density at radius 1 is 1.61 bits per heavy atom. The molecule has 1 rings (SSSR count). The number of aliphatic hydroxyl groups is 1. The lowest BCUT2D eigenvalue weighted by molar-refractivity contribution is -0.485. The third kappa shape index (κ3) is 4.84. The summed E-state index contributed by atoms with van der Waals surface area (Å²) >= 11 is 0. The summed E-state index contributed by atoms with van der Waals surface area (Å²) in [5.41, 5.74) is 5.41. The fourth-order valence-electron chi connectivity index (χ4n) is 2.08. The summed E-state index contributed by atoms with van der Waals surface area (Å²) in [5, 5.41) is 24.7. The molecule has 0 saturated heterocycles. The van der Waals surface area contributed by atoms with Crippen molar-refractivity contribution < 1.29 is 14.9 Å². The molecule has 0 amide bonds. The molecule has 0 aromatic rings. The second-order valence-electron chi connectivity index (χ2n) is 4.66. The lowest BCUT2D eigenvalue weighted by Crippen LogP contribution is -2.52. The molecular formula is C10H20N4O4. The topological polar surface area (TPSA) is 123 Å². The van der Waals surface area contributed by atoms with Gasteiger partial charge in [-0.1, -0.05) is 0 Å². The van der Waals surface area contributed by atoms with Crippen LogP contribution in [0.1, 0.15) is 33.1 Å². The van der Waals surface area contributed by atoms with Crippen LogP contribution in [0.4, 0.5) is 0 Å². The molecule has 0 heterocycles. The molecular weight excluding hydrogens is 240 g/mol. The molecule has 104 valence electrons. The van der Waals surface area contributed by atoms with Crippen molar-refractivity contribution in [2.45, 2.75) is 57.5 Å². The zero-order valence-corrected chi connectivity index (χ0v) is 10.6. The monoisotopic (exact) mass is 260 g/mol. The van der Waals surface area contributed by atoms with Crippen LogP contribution in [0.5, 0.6) is 0 Å². The van der Waals surface area contributed by atoms with Crippen LogP contribution in [0.3, 0.4) is 0 Å². The molecule has 0 radical (unpaired) electrons. The molecule has 8 heteroatoms. The summed E-state index contributed by atoms with van der Waals surface area (Å²) in [4.78, 5) is 10.2.